The van der Waals surface area contributed by atoms with Crippen molar-refractivity contribution in [1.82, 2.24) is 16.0 Å². The van der Waals surface area contributed by atoms with Gasteiger partial charge in [-0.05, 0) is 28.7 Å². The fourth-order valence-electron chi connectivity index (χ4n) is 4.97. The first-order valence-corrected chi connectivity index (χ1v) is 19.3. The molecule has 0 heterocycles. The van der Waals surface area contributed by atoms with E-state index in [4.69, 9.17) is 24.7 Å². The predicted molar refractivity (Wildman–Crippen MR) is 212 cm³/mol. The number of nitrogens with one attached hydrogen (secondary N) is 3. The van der Waals surface area contributed by atoms with Gasteiger partial charge in [0.15, 0.2) is 0 Å². The lowest BCUT2D eigenvalue weighted by atomic mass is 10.1. The Balaban J connectivity index is 1.35. The van der Waals surface area contributed by atoms with Crippen molar-refractivity contribution in [2.75, 3.05) is 18.1 Å². The summed E-state index contributed by atoms with van der Waals surface area (Å²) in [5.41, 5.74) is 9.00. The minimum absolute atomic E-state index is 0.00213. The van der Waals surface area contributed by atoms with Crippen molar-refractivity contribution in [1.29, 1.82) is 0 Å². The van der Waals surface area contributed by atoms with Gasteiger partial charge in [0.1, 0.15) is 51.1 Å². The number of rotatable bonds is 22. The van der Waals surface area contributed by atoms with Gasteiger partial charge in [-0.2, -0.15) is 11.8 Å². The molecule has 0 aliphatic rings. The minimum Gasteiger partial charge on any atom is -0.460 e. The van der Waals surface area contributed by atoms with Gasteiger partial charge in [-0.1, -0.05) is 121 Å². The largest absolute Gasteiger partial charge is 0.460 e. The Morgan fingerprint density at radius 2 is 0.982 bits per heavy atom. The van der Waals surface area contributed by atoms with Gasteiger partial charge in [-0.15, -0.1) is 0 Å². The number of amides is 3. The molecule has 0 unspecified atom stereocenters. The van der Waals surface area contributed by atoms with Gasteiger partial charge >= 0.3 is 24.0 Å². The highest BCUT2D eigenvalue weighted by molar-refractivity contribution is 7.99. The molecule has 3 atom stereocenters. The third-order valence-corrected chi connectivity index (χ3v) is 9.23. The van der Waals surface area contributed by atoms with Gasteiger partial charge in [0.25, 0.3) is 0 Å². The highest BCUT2D eigenvalue weighted by Gasteiger charge is 2.27. The fourth-order valence-corrected chi connectivity index (χ4v) is 6.03. The van der Waals surface area contributed by atoms with Gasteiger partial charge in [-0.3, -0.25) is 19.2 Å². The maximum absolute atomic E-state index is 13.4. The normalized spacial score (nSPS) is 12.2. The van der Waals surface area contributed by atoms with Gasteiger partial charge in [0.2, 0.25) is 11.8 Å². The number of benzene rings is 4. The molecule has 57 heavy (non-hydrogen) atoms. The van der Waals surface area contributed by atoms with Crippen LogP contribution in [0.2, 0.25) is 0 Å². The fraction of sp³-hybridized carbons (Fsp3) is 0.286. The molecule has 0 fully saturated rings. The first-order valence-electron chi connectivity index (χ1n) is 18.1. The highest BCUT2D eigenvalue weighted by atomic mass is 32.2. The Hall–Kier alpha value is -6.19. The molecule has 4 rings (SSSR count). The number of alkyl carbamates (subject to hydrolysis) is 1. The van der Waals surface area contributed by atoms with Crippen LogP contribution in [0.3, 0.4) is 0 Å². The van der Waals surface area contributed by atoms with Crippen molar-refractivity contribution in [3.8, 4) is 0 Å². The highest BCUT2D eigenvalue weighted by Crippen LogP contribution is 2.12. The summed E-state index contributed by atoms with van der Waals surface area (Å²) in [6.07, 6.45) is -1.16. The Kier molecular flexibility index (Phi) is 18.6. The first-order chi connectivity index (χ1) is 27.7. The topological polar surface area (TPSA) is 201 Å². The maximum Gasteiger partial charge on any atom is 0.408 e. The van der Waals surface area contributed by atoms with Crippen LogP contribution in [-0.2, 0) is 69.3 Å². The number of thioether (sulfide) groups is 1. The number of esters is 3. The average molecular weight is 799 g/mol. The molecule has 0 saturated carbocycles. The molecule has 0 aliphatic carbocycles. The summed E-state index contributed by atoms with van der Waals surface area (Å²) >= 11 is 1.06. The molecule has 5 N–H and O–H groups in total. The quantitative estimate of drug-likeness (QED) is 0.0660. The molecule has 4 aromatic rings. The van der Waals surface area contributed by atoms with E-state index in [1.165, 1.54) is 0 Å². The standard InChI is InChI=1S/C42H46N4O10S/c43-34(40(50)54-25-31-15-7-2-8-16-31)21-22-37(47)45-35(39(49)44-23-38(48)53-24-30-13-5-1-6-14-30)28-57-29-36(41(51)55-26-32-17-9-3-10-18-32)46-42(52)56-27-33-19-11-4-12-20-33/h1-20,34-36H,21-29,43H2,(H,44,49)(H,45,47)(H,46,52)/t34-,35-,36+/m1/s1. The maximum atomic E-state index is 13.4. The van der Waals surface area contributed by atoms with Crippen LogP contribution in [-0.4, -0.2) is 72.0 Å². The third kappa shape index (κ3) is 17.0. The van der Waals surface area contributed by atoms with Crippen LogP contribution in [0.15, 0.2) is 121 Å². The zero-order chi connectivity index (χ0) is 40.7. The van der Waals surface area contributed by atoms with E-state index in [9.17, 15) is 28.8 Å². The summed E-state index contributed by atoms with van der Waals surface area (Å²) in [6, 6.07) is 32.5. The molecule has 0 spiro atoms. The van der Waals surface area contributed by atoms with E-state index in [2.05, 4.69) is 16.0 Å². The Morgan fingerprint density at radius 3 is 1.49 bits per heavy atom. The smallest absolute Gasteiger partial charge is 0.408 e. The second-order valence-electron chi connectivity index (χ2n) is 12.6. The molecule has 300 valence electrons. The van der Waals surface area contributed by atoms with E-state index >= 15 is 0 Å². The molecule has 15 heteroatoms. The SMILES string of the molecule is N[C@H](CCC(=O)N[C@H](CSC[C@H](NC(=O)OCc1ccccc1)C(=O)OCc1ccccc1)C(=O)NCC(=O)OCc1ccccc1)C(=O)OCc1ccccc1. The second-order valence-corrected chi connectivity index (χ2v) is 13.7. The van der Waals surface area contributed by atoms with Crippen molar-refractivity contribution < 1.29 is 47.7 Å². The number of carbonyl (C=O) groups is 6. The summed E-state index contributed by atoms with van der Waals surface area (Å²) in [6.45, 7) is -0.549. The zero-order valence-corrected chi connectivity index (χ0v) is 32.0. The second kappa shape index (κ2) is 24.3. The summed E-state index contributed by atoms with van der Waals surface area (Å²) in [5.74, 6) is -3.62. The predicted octanol–water partition coefficient (Wildman–Crippen LogP) is 3.95. The van der Waals surface area contributed by atoms with Crippen LogP contribution >= 0.6 is 11.8 Å². The van der Waals surface area contributed by atoms with Crippen molar-refractivity contribution in [3.63, 3.8) is 0 Å². The lowest BCUT2D eigenvalue weighted by molar-refractivity contribution is -0.147. The third-order valence-electron chi connectivity index (χ3n) is 8.09. The van der Waals surface area contributed by atoms with E-state index in [-0.39, 0.29) is 50.8 Å². The minimum atomic E-state index is -1.21. The van der Waals surface area contributed by atoms with Crippen molar-refractivity contribution in [3.05, 3.63) is 144 Å². The molecule has 4 aromatic carbocycles. The summed E-state index contributed by atoms with van der Waals surface area (Å²) in [4.78, 5) is 77.4. The van der Waals surface area contributed by atoms with Crippen LogP contribution in [0.25, 0.3) is 0 Å². The van der Waals surface area contributed by atoms with E-state index in [1.807, 2.05) is 36.4 Å². The van der Waals surface area contributed by atoms with Gasteiger partial charge in [-0.25, -0.2) is 9.59 Å². The molecule has 0 radical (unpaired) electrons. The number of ether oxygens (including phenoxy) is 4. The molecule has 0 bridgehead atoms. The number of nitrogens with two attached hydrogens (primary N) is 1. The van der Waals surface area contributed by atoms with Gasteiger partial charge in [0.05, 0.1) is 0 Å². The van der Waals surface area contributed by atoms with Crippen LogP contribution in [0, 0.1) is 0 Å². The lowest BCUT2D eigenvalue weighted by Crippen LogP contribution is -2.50. The van der Waals surface area contributed by atoms with Crippen LogP contribution in [0.4, 0.5) is 4.79 Å². The molecule has 0 aliphatic heterocycles. The molecular formula is C42H46N4O10S. The van der Waals surface area contributed by atoms with E-state index in [1.54, 1.807) is 84.9 Å². The lowest BCUT2D eigenvalue weighted by Gasteiger charge is -2.21. The number of carbonyl (C=O) groups excluding carboxylic acids is 6. The summed E-state index contributed by atoms with van der Waals surface area (Å²) in [5, 5.41) is 7.64. The average Bonchev–Trinajstić information content (AvgIpc) is 3.24. The number of hydrogen-bond acceptors (Lipinski definition) is 12. The Labute approximate surface area is 335 Å². The van der Waals surface area contributed by atoms with Crippen LogP contribution < -0.4 is 21.7 Å². The monoisotopic (exact) mass is 798 g/mol. The molecule has 3 amide bonds. The van der Waals surface area contributed by atoms with Gasteiger partial charge < -0.3 is 40.6 Å². The molecule has 0 saturated heterocycles. The van der Waals surface area contributed by atoms with Crippen LogP contribution in [0.5, 0.6) is 0 Å². The van der Waals surface area contributed by atoms with Crippen molar-refractivity contribution in [2.45, 2.75) is 57.4 Å². The zero-order valence-electron chi connectivity index (χ0n) is 31.2. The molecule has 0 aromatic heterocycles. The van der Waals surface area contributed by atoms with E-state index < -0.39 is 60.5 Å². The Morgan fingerprint density at radius 1 is 0.544 bits per heavy atom. The summed E-state index contributed by atoms with van der Waals surface area (Å²) in [7, 11) is 0. The molecular weight excluding hydrogens is 753 g/mol. The van der Waals surface area contributed by atoms with E-state index in [0.717, 1.165) is 34.0 Å². The van der Waals surface area contributed by atoms with Gasteiger partial charge in [0, 0.05) is 17.9 Å². The van der Waals surface area contributed by atoms with Crippen molar-refractivity contribution in [2.24, 2.45) is 5.73 Å². The van der Waals surface area contributed by atoms with Crippen LogP contribution in [0.1, 0.15) is 35.1 Å². The number of hydrogen-bond donors (Lipinski definition) is 4. The summed E-state index contributed by atoms with van der Waals surface area (Å²) < 4.78 is 21.3. The molecule has 14 nitrogen and oxygen atoms in total. The Bertz CT molecular complexity index is 1870. The van der Waals surface area contributed by atoms with Crippen molar-refractivity contribution >= 4 is 47.6 Å². The van der Waals surface area contributed by atoms with E-state index in [0.29, 0.717) is 0 Å². The first kappa shape index (κ1) is 43.5.